The van der Waals surface area contributed by atoms with Gasteiger partial charge in [-0.25, -0.2) is 4.79 Å². The minimum Gasteiger partial charge on any atom is -0.394 e. The van der Waals surface area contributed by atoms with E-state index in [0.717, 1.165) is 0 Å². The Labute approximate surface area is 97.1 Å². The number of nitriles is 1. The lowest BCUT2D eigenvalue weighted by Gasteiger charge is -2.14. The van der Waals surface area contributed by atoms with E-state index in [0.29, 0.717) is 6.42 Å². The van der Waals surface area contributed by atoms with Crippen LogP contribution in [0.1, 0.15) is 12.6 Å². The molecule has 1 aromatic heterocycles. The summed E-state index contributed by atoms with van der Waals surface area (Å²) >= 11 is 0. The lowest BCUT2D eigenvalue weighted by atomic mass is 10.0. The van der Waals surface area contributed by atoms with Gasteiger partial charge in [-0.2, -0.15) is 10.2 Å². The van der Waals surface area contributed by atoms with E-state index in [1.54, 1.807) is 0 Å². The van der Waals surface area contributed by atoms with Gasteiger partial charge in [0.1, 0.15) is 12.0 Å². The van der Waals surface area contributed by atoms with E-state index in [1.165, 1.54) is 16.8 Å². The van der Waals surface area contributed by atoms with Crippen molar-refractivity contribution in [2.24, 2.45) is 5.92 Å². The highest BCUT2D eigenvalue weighted by atomic mass is 16.5. The first kappa shape index (κ1) is 11.6. The van der Waals surface area contributed by atoms with E-state index in [4.69, 9.17) is 20.8 Å². The summed E-state index contributed by atoms with van der Waals surface area (Å²) in [5, 5.41) is 17.9. The van der Waals surface area contributed by atoms with Gasteiger partial charge in [-0.15, -0.1) is 0 Å². The van der Waals surface area contributed by atoms with E-state index >= 15 is 0 Å². The largest absolute Gasteiger partial charge is 0.394 e. The van der Waals surface area contributed by atoms with Crippen LogP contribution in [0.4, 0.5) is 5.82 Å². The number of hydrogen-bond donors (Lipinski definition) is 2. The fourth-order valence-electron chi connectivity index (χ4n) is 1.85. The van der Waals surface area contributed by atoms with Crippen molar-refractivity contribution >= 4 is 5.82 Å². The number of anilines is 1. The van der Waals surface area contributed by atoms with E-state index < -0.39 is 23.9 Å². The summed E-state index contributed by atoms with van der Waals surface area (Å²) in [6.07, 6.45) is 0.698. The van der Waals surface area contributed by atoms with Crippen molar-refractivity contribution in [3.63, 3.8) is 0 Å². The summed E-state index contributed by atoms with van der Waals surface area (Å²) in [7, 11) is 0. The average molecular weight is 236 g/mol. The van der Waals surface area contributed by atoms with Crippen LogP contribution in [0.3, 0.4) is 0 Å². The summed E-state index contributed by atoms with van der Waals surface area (Å²) in [6, 6.07) is 3.53. The molecule has 7 nitrogen and oxygen atoms in total. The maximum Gasteiger partial charge on any atom is 0.351 e. The number of nitrogens with two attached hydrogens (primary N) is 1. The van der Waals surface area contributed by atoms with Crippen molar-refractivity contribution in [2.45, 2.75) is 18.8 Å². The lowest BCUT2D eigenvalue weighted by molar-refractivity contribution is -0.0289. The van der Waals surface area contributed by atoms with Gasteiger partial charge in [-0.05, 0) is 6.07 Å². The highest BCUT2D eigenvalue weighted by Gasteiger charge is 2.36. The van der Waals surface area contributed by atoms with Crippen molar-refractivity contribution in [1.82, 2.24) is 9.55 Å². The van der Waals surface area contributed by atoms with Crippen molar-refractivity contribution in [2.75, 3.05) is 12.3 Å². The molecule has 3 unspecified atom stereocenters. The highest BCUT2D eigenvalue weighted by molar-refractivity contribution is 5.23. The lowest BCUT2D eigenvalue weighted by Crippen LogP contribution is -2.27. The van der Waals surface area contributed by atoms with Gasteiger partial charge in [0.25, 0.3) is 0 Å². The zero-order valence-corrected chi connectivity index (χ0v) is 8.98. The van der Waals surface area contributed by atoms with Gasteiger partial charge in [0.05, 0.1) is 24.7 Å². The number of nitrogens with zero attached hydrogens (tertiary/aromatic N) is 3. The minimum atomic E-state index is -0.572. The van der Waals surface area contributed by atoms with Crippen molar-refractivity contribution in [1.29, 1.82) is 5.26 Å². The number of nitrogen functional groups attached to an aromatic ring is 1. The zero-order valence-electron chi connectivity index (χ0n) is 8.98. The number of aromatic nitrogens is 2. The summed E-state index contributed by atoms with van der Waals surface area (Å²) in [4.78, 5) is 15.1. The number of hydrogen-bond acceptors (Lipinski definition) is 6. The number of ether oxygens (including phenoxy) is 1. The molecule has 0 bridgehead atoms. The van der Waals surface area contributed by atoms with Crippen molar-refractivity contribution < 1.29 is 9.84 Å². The SMILES string of the molecule is N#CC1CC(n2ccc(N)nc2=O)OC1CO. The molecule has 2 rings (SSSR count). The number of rotatable bonds is 2. The van der Waals surface area contributed by atoms with Crippen LogP contribution in [0, 0.1) is 17.2 Å². The standard InChI is InChI=1S/C10H12N4O3/c11-4-6-3-9(17-7(6)5-15)14-2-1-8(12)13-10(14)16/h1-2,6-7,9,15H,3,5H2,(H2,12,13,16). The Balaban J connectivity index is 2.26. The molecule has 7 heteroatoms. The molecule has 0 radical (unpaired) electrons. The molecule has 1 aliphatic heterocycles. The Bertz CT molecular complexity index is 507. The van der Waals surface area contributed by atoms with Gasteiger partial charge in [0, 0.05) is 12.6 Å². The summed E-state index contributed by atoms with van der Waals surface area (Å²) in [5.74, 6) is -0.283. The highest BCUT2D eigenvalue weighted by Crippen LogP contribution is 2.31. The normalized spacial score (nSPS) is 27.9. The molecular formula is C10H12N4O3. The van der Waals surface area contributed by atoms with Crippen LogP contribution in [0.2, 0.25) is 0 Å². The van der Waals surface area contributed by atoms with Crippen LogP contribution < -0.4 is 11.4 Å². The van der Waals surface area contributed by atoms with Gasteiger partial charge in [-0.1, -0.05) is 0 Å². The second-order valence-corrected chi connectivity index (χ2v) is 3.83. The molecule has 3 N–H and O–H groups in total. The first-order valence-corrected chi connectivity index (χ1v) is 5.16. The molecule has 0 aromatic carbocycles. The monoisotopic (exact) mass is 236 g/mol. The molecule has 1 saturated heterocycles. The third kappa shape index (κ3) is 2.13. The fourth-order valence-corrected chi connectivity index (χ4v) is 1.85. The number of aliphatic hydroxyl groups is 1. The molecule has 0 amide bonds. The average Bonchev–Trinajstić information content (AvgIpc) is 2.72. The van der Waals surface area contributed by atoms with Crippen molar-refractivity contribution in [3.8, 4) is 6.07 Å². The molecule has 1 fully saturated rings. The molecule has 2 heterocycles. The van der Waals surface area contributed by atoms with Gasteiger partial charge < -0.3 is 15.6 Å². The quantitative estimate of drug-likeness (QED) is 0.698. The molecule has 90 valence electrons. The maximum atomic E-state index is 11.6. The van der Waals surface area contributed by atoms with Crippen LogP contribution in [0.15, 0.2) is 17.1 Å². The second kappa shape index (κ2) is 4.53. The minimum absolute atomic E-state index is 0.139. The molecule has 1 aliphatic rings. The fraction of sp³-hybridized carbons (Fsp3) is 0.500. The molecular weight excluding hydrogens is 224 g/mol. The van der Waals surface area contributed by atoms with Crippen molar-refractivity contribution in [3.05, 3.63) is 22.7 Å². The zero-order chi connectivity index (χ0) is 12.4. The Hall–Kier alpha value is -1.91. The Morgan fingerprint density at radius 3 is 3.06 bits per heavy atom. The van der Waals surface area contributed by atoms with E-state index in [1.807, 2.05) is 0 Å². The first-order chi connectivity index (χ1) is 8.15. The topological polar surface area (TPSA) is 114 Å². The van der Waals surface area contributed by atoms with E-state index in [-0.39, 0.29) is 12.4 Å². The Morgan fingerprint density at radius 2 is 2.53 bits per heavy atom. The third-order valence-electron chi connectivity index (χ3n) is 2.74. The summed E-state index contributed by atoms with van der Waals surface area (Å²) in [5.41, 5.74) is 4.85. The van der Waals surface area contributed by atoms with Crippen LogP contribution in [-0.2, 0) is 4.74 Å². The maximum absolute atomic E-state index is 11.6. The third-order valence-corrected chi connectivity index (χ3v) is 2.74. The van der Waals surface area contributed by atoms with Crippen LogP contribution in [0.25, 0.3) is 0 Å². The van der Waals surface area contributed by atoms with E-state index in [9.17, 15) is 4.79 Å². The smallest absolute Gasteiger partial charge is 0.351 e. The number of aliphatic hydroxyl groups excluding tert-OH is 1. The molecule has 1 aromatic rings. The van der Waals surface area contributed by atoms with Gasteiger partial charge >= 0.3 is 5.69 Å². The van der Waals surface area contributed by atoms with E-state index in [2.05, 4.69) is 11.1 Å². The Morgan fingerprint density at radius 1 is 1.76 bits per heavy atom. The molecule has 0 spiro atoms. The van der Waals surface area contributed by atoms with Gasteiger partial charge in [-0.3, -0.25) is 4.57 Å². The summed E-state index contributed by atoms with van der Waals surface area (Å²) < 4.78 is 6.70. The van der Waals surface area contributed by atoms with Gasteiger partial charge in [0.15, 0.2) is 0 Å². The predicted molar refractivity (Wildman–Crippen MR) is 57.6 cm³/mol. The van der Waals surface area contributed by atoms with Crippen LogP contribution in [-0.4, -0.2) is 27.4 Å². The van der Waals surface area contributed by atoms with Crippen LogP contribution in [0.5, 0.6) is 0 Å². The molecule has 0 aliphatic carbocycles. The molecule has 17 heavy (non-hydrogen) atoms. The molecule has 0 saturated carbocycles. The first-order valence-electron chi connectivity index (χ1n) is 5.16. The Kier molecular flexibility index (Phi) is 3.08. The van der Waals surface area contributed by atoms with Gasteiger partial charge in [0.2, 0.25) is 0 Å². The molecule has 3 atom stereocenters. The predicted octanol–water partition coefficient (Wildman–Crippen LogP) is -0.755. The summed E-state index contributed by atoms with van der Waals surface area (Å²) in [6.45, 7) is -0.244. The second-order valence-electron chi connectivity index (χ2n) is 3.83. The van der Waals surface area contributed by atoms with Crippen LogP contribution >= 0.6 is 0 Å².